The van der Waals surface area contributed by atoms with E-state index in [-0.39, 0.29) is 6.04 Å². The molecule has 1 fully saturated rings. The summed E-state index contributed by atoms with van der Waals surface area (Å²) >= 11 is 0. The zero-order chi connectivity index (χ0) is 20.4. The molecule has 0 bridgehead atoms. The average Bonchev–Trinajstić information content (AvgIpc) is 3.04. The van der Waals surface area contributed by atoms with E-state index in [9.17, 15) is 9.90 Å². The van der Waals surface area contributed by atoms with Gasteiger partial charge in [-0.05, 0) is 56.6 Å². The molecular weight excluding hydrogens is 358 g/mol. The maximum absolute atomic E-state index is 12.1. The number of β-amino-alcohol motifs (C(OH)–C–C–N with tert-alkyl or cyclic N) is 1. The second-order valence-corrected chi connectivity index (χ2v) is 7.16. The van der Waals surface area contributed by atoms with E-state index in [0.29, 0.717) is 19.5 Å². The molecule has 1 heterocycles. The van der Waals surface area contributed by atoms with Gasteiger partial charge in [-0.2, -0.15) is 0 Å². The highest BCUT2D eigenvalue weighted by molar-refractivity contribution is 5.67. The second-order valence-electron chi connectivity index (χ2n) is 7.16. The van der Waals surface area contributed by atoms with Crippen molar-refractivity contribution in [2.24, 2.45) is 0 Å². The van der Waals surface area contributed by atoms with E-state index in [1.807, 2.05) is 24.3 Å². The molecule has 3 N–H and O–H groups in total. The summed E-state index contributed by atoms with van der Waals surface area (Å²) in [7, 11) is 1.63. The van der Waals surface area contributed by atoms with Crippen LogP contribution in [0.4, 0.5) is 4.79 Å². The Bertz CT molecular complexity index is 578. The van der Waals surface area contributed by atoms with Crippen LogP contribution in [0.25, 0.3) is 0 Å². The van der Waals surface area contributed by atoms with Crippen LogP contribution in [0.5, 0.6) is 5.75 Å². The summed E-state index contributed by atoms with van der Waals surface area (Å²) in [5.41, 5.74) is 1.10. The van der Waals surface area contributed by atoms with E-state index < -0.39 is 18.3 Å². The minimum atomic E-state index is -0.698. The number of ether oxygens (including phenoxy) is 2. The Labute approximate surface area is 168 Å². The number of nitrogens with one attached hydrogen (secondary N) is 2. The number of aliphatic hydroxyl groups excluding tert-OH is 1. The Morgan fingerprint density at radius 2 is 1.96 bits per heavy atom. The number of alkyl carbamates (subject to hydrolysis) is 1. The molecule has 0 spiro atoms. The molecular formula is C21H35N3O4. The normalized spacial score (nSPS) is 21.7. The molecule has 0 unspecified atom stereocenters. The van der Waals surface area contributed by atoms with Gasteiger partial charge in [0.15, 0.2) is 0 Å². The monoisotopic (exact) mass is 393 g/mol. The van der Waals surface area contributed by atoms with Crippen LogP contribution in [0.2, 0.25) is 0 Å². The fourth-order valence-electron chi connectivity index (χ4n) is 3.49. The van der Waals surface area contributed by atoms with Crippen molar-refractivity contribution >= 4 is 6.09 Å². The van der Waals surface area contributed by atoms with Gasteiger partial charge in [-0.15, -0.1) is 0 Å². The summed E-state index contributed by atoms with van der Waals surface area (Å²) in [4.78, 5) is 14.5. The lowest BCUT2D eigenvalue weighted by Gasteiger charge is -2.22. The number of hydrogen-bond donors (Lipinski definition) is 3. The summed E-state index contributed by atoms with van der Waals surface area (Å²) in [6.45, 7) is 8.45. The number of carbonyl (C=O) groups excluding carboxylic acids is 1. The maximum Gasteiger partial charge on any atom is 0.407 e. The summed E-state index contributed by atoms with van der Waals surface area (Å²) in [5.74, 6) is 0.802. The SMILES string of the molecule is CCN(CC)CCCCNC(=O)O[C@@H]1[C@@H](O)CN[C@@H]1Cc1ccc(OC)cc1. The van der Waals surface area contributed by atoms with Gasteiger partial charge in [-0.25, -0.2) is 4.79 Å². The predicted molar refractivity (Wildman–Crippen MR) is 110 cm³/mol. The van der Waals surface area contributed by atoms with Gasteiger partial charge >= 0.3 is 6.09 Å². The van der Waals surface area contributed by atoms with Gasteiger partial charge in [-0.3, -0.25) is 0 Å². The van der Waals surface area contributed by atoms with Crippen LogP contribution < -0.4 is 15.4 Å². The lowest BCUT2D eigenvalue weighted by molar-refractivity contribution is 0.0190. The molecule has 1 amide bonds. The molecule has 1 aromatic rings. The van der Waals surface area contributed by atoms with Gasteiger partial charge in [0.1, 0.15) is 18.0 Å². The molecule has 1 aromatic carbocycles. The van der Waals surface area contributed by atoms with Crippen LogP contribution in [0.1, 0.15) is 32.3 Å². The number of aliphatic hydroxyl groups is 1. The number of benzene rings is 1. The summed E-state index contributed by atoms with van der Waals surface area (Å²) in [5, 5.41) is 16.3. The number of unbranched alkanes of at least 4 members (excludes halogenated alkanes) is 1. The second kappa shape index (κ2) is 11.9. The van der Waals surface area contributed by atoms with E-state index >= 15 is 0 Å². The molecule has 0 saturated carbocycles. The number of nitrogens with zero attached hydrogens (tertiary/aromatic N) is 1. The third-order valence-corrected chi connectivity index (χ3v) is 5.29. The van der Waals surface area contributed by atoms with Crippen molar-refractivity contribution < 1.29 is 19.4 Å². The van der Waals surface area contributed by atoms with Crippen molar-refractivity contribution in [3.63, 3.8) is 0 Å². The molecule has 3 atom stereocenters. The van der Waals surface area contributed by atoms with Crippen LogP contribution in [0, 0.1) is 0 Å². The Balaban J connectivity index is 1.74. The van der Waals surface area contributed by atoms with Gasteiger partial charge in [-0.1, -0.05) is 26.0 Å². The topological polar surface area (TPSA) is 83.1 Å². The molecule has 28 heavy (non-hydrogen) atoms. The Hall–Kier alpha value is -1.83. The lowest BCUT2D eigenvalue weighted by atomic mass is 10.0. The number of rotatable bonds is 11. The zero-order valence-electron chi connectivity index (χ0n) is 17.3. The van der Waals surface area contributed by atoms with Crippen molar-refractivity contribution in [3.05, 3.63) is 29.8 Å². The quantitative estimate of drug-likeness (QED) is 0.497. The van der Waals surface area contributed by atoms with Gasteiger partial charge in [0.2, 0.25) is 0 Å². The fraction of sp³-hybridized carbons (Fsp3) is 0.667. The first kappa shape index (κ1) is 22.5. The smallest absolute Gasteiger partial charge is 0.407 e. The predicted octanol–water partition coefficient (Wildman–Crippen LogP) is 1.79. The molecule has 1 aliphatic heterocycles. The van der Waals surface area contributed by atoms with Crippen molar-refractivity contribution in [3.8, 4) is 5.75 Å². The summed E-state index contributed by atoms with van der Waals surface area (Å²) < 4.78 is 10.7. The van der Waals surface area contributed by atoms with Crippen LogP contribution in [0.15, 0.2) is 24.3 Å². The Morgan fingerprint density at radius 3 is 2.61 bits per heavy atom. The standard InChI is InChI=1S/C21H35N3O4/c1-4-24(5-2)13-7-6-12-22-21(26)28-20-18(23-15-19(20)25)14-16-8-10-17(27-3)11-9-16/h8-11,18-20,23,25H,4-7,12-15H2,1-3H3,(H,22,26)/t18-,19+,20+/m1/s1. The first-order chi connectivity index (χ1) is 13.6. The summed E-state index contributed by atoms with van der Waals surface area (Å²) in [6.07, 6.45) is 0.898. The number of carbonyl (C=O) groups is 1. The molecule has 0 aromatic heterocycles. The lowest BCUT2D eigenvalue weighted by Crippen LogP contribution is -2.41. The van der Waals surface area contributed by atoms with Gasteiger partial charge in [0.25, 0.3) is 0 Å². The molecule has 0 aliphatic carbocycles. The maximum atomic E-state index is 12.1. The molecule has 0 radical (unpaired) electrons. The first-order valence-electron chi connectivity index (χ1n) is 10.3. The molecule has 1 saturated heterocycles. The van der Waals surface area contributed by atoms with E-state index in [1.54, 1.807) is 7.11 Å². The van der Waals surface area contributed by atoms with Crippen molar-refractivity contribution in [1.82, 2.24) is 15.5 Å². The third kappa shape index (κ3) is 6.96. The molecule has 158 valence electrons. The van der Waals surface area contributed by atoms with E-state index in [1.165, 1.54) is 0 Å². The Morgan fingerprint density at radius 1 is 1.25 bits per heavy atom. The largest absolute Gasteiger partial charge is 0.497 e. The number of hydrogen-bond acceptors (Lipinski definition) is 6. The zero-order valence-corrected chi connectivity index (χ0v) is 17.3. The first-order valence-corrected chi connectivity index (χ1v) is 10.3. The van der Waals surface area contributed by atoms with Gasteiger partial charge < -0.3 is 30.1 Å². The summed E-state index contributed by atoms with van der Waals surface area (Å²) in [6, 6.07) is 7.66. The van der Waals surface area contributed by atoms with E-state index in [4.69, 9.17) is 9.47 Å². The van der Waals surface area contributed by atoms with Crippen molar-refractivity contribution in [2.75, 3.05) is 39.8 Å². The Kier molecular flexibility index (Phi) is 9.54. The molecule has 7 nitrogen and oxygen atoms in total. The number of methoxy groups -OCH3 is 1. The van der Waals surface area contributed by atoms with Crippen molar-refractivity contribution in [1.29, 1.82) is 0 Å². The van der Waals surface area contributed by atoms with Gasteiger partial charge in [0, 0.05) is 13.1 Å². The van der Waals surface area contributed by atoms with Gasteiger partial charge in [0.05, 0.1) is 13.2 Å². The minimum absolute atomic E-state index is 0.114. The third-order valence-electron chi connectivity index (χ3n) is 5.29. The van der Waals surface area contributed by atoms with Crippen LogP contribution in [0.3, 0.4) is 0 Å². The minimum Gasteiger partial charge on any atom is -0.497 e. The van der Waals surface area contributed by atoms with Crippen molar-refractivity contribution in [2.45, 2.75) is 51.4 Å². The molecule has 2 rings (SSSR count). The highest BCUT2D eigenvalue weighted by Crippen LogP contribution is 2.19. The van der Waals surface area contributed by atoms with Crippen LogP contribution >= 0.6 is 0 Å². The average molecular weight is 394 g/mol. The van der Waals surface area contributed by atoms with E-state index in [2.05, 4.69) is 29.4 Å². The number of amides is 1. The van der Waals surface area contributed by atoms with Crippen LogP contribution in [-0.2, 0) is 11.2 Å². The highest BCUT2D eigenvalue weighted by atomic mass is 16.6. The fourth-order valence-corrected chi connectivity index (χ4v) is 3.49. The molecule has 1 aliphatic rings. The van der Waals surface area contributed by atoms with E-state index in [0.717, 1.165) is 43.8 Å². The van der Waals surface area contributed by atoms with Crippen LogP contribution in [-0.4, -0.2) is 74.2 Å². The highest BCUT2D eigenvalue weighted by Gasteiger charge is 2.37. The molecule has 7 heteroatoms.